The Bertz CT molecular complexity index is 2290. The predicted molar refractivity (Wildman–Crippen MR) is 167 cm³/mol. The van der Waals surface area contributed by atoms with Crippen LogP contribution in [0.5, 0.6) is 5.75 Å². The normalized spacial score (nSPS) is 13.6. The van der Waals surface area contributed by atoms with Gasteiger partial charge in [-0.3, -0.25) is 14.6 Å². The van der Waals surface area contributed by atoms with Gasteiger partial charge in [0, 0.05) is 56.0 Å². The molecule has 4 N–H and O–H groups in total. The fourth-order valence-corrected chi connectivity index (χ4v) is 6.19. The van der Waals surface area contributed by atoms with Gasteiger partial charge in [-0.2, -0.15) is 0 Å². The zero-order valence-corrected chi connectivity index (χ0v) is 23.6. The first-order valence-corrected chi connectivity index (χ1v) is 14.1. The van der Waals surface area contributed by atoms with E-state index in [9.17, 15) is 9.59 Å². The van der Waals surface area contributed by atoms with E-state index in [2.05, 4.69) is 36.6 Å². The molecule has 0 bridgehead atoms. The lowest BCUT2D eigenvalue weighted by Gasteiger charge is -2.06. The molecule has 2 amide bonds. The van der Waals surface area contributed by atoms with Crippen LogP contribution in [0.2, 0.25) is 5.15 Å². The third kappa shape index (κ3) is 4.00. The van der Waals surface area contributed by atoms with Gasteiger partial charge in [0.15, 0.2) is 0 Å². The highest BCUT2D eigenvalue weighted by atomic mass is 35.5. The van der Waals surface area contributed by atoms with Crippen LogP contribution in [0.15, 0.2) is 73.1 Å². The zero-order valence-electron chi connectivity index (χ0n) is 22.8. The molecule has 7 aromatic rings. The van der Waals surface area contributed by atoms with Crippen molar-refractivity contribution in [3.05, 3.63) is 101 Å². The van der Waals surface area contributed by atoms with Crippen molar-refractivity contribution >= 4 is 66.8 Å². The van der Waals surface area contributed by atoms with Crippen LogP contribution in [-0.4, -0.2) is 38.9 Å². The van der Waals surface area contributed by atoms with Crippen molar-refractivity contribution in [3.8, 4) is 17.0 Å². The molecular formula is C33H23ClN6O3. The third-order valence-electron chi connectivity index (χ3n) is 8.12. The molecule has 3 aromatic carbocycles. The van der Waals surface area contributed by atoms with E-state index in [-0.39, 0.29) is 11.8 Å². The fourth-order valence-electron chi connectivity index (χ4n) is 6.02. The molecule has 0 unspecified atom stereocenters. The number of nitrogens with zero attached hydrogens (tertiary/aromatic N) is 2. The second-order valence-corrected chi connectivity index (χ2v) is 10.9. The number of rotatable bonds is 2. The molecular weight excluding hydrogens is 564 g/mol. The minimum absolute atomic E-state index is 0.00923. The standard InChI is InChI=1S/C20H15N3O2.C13H8ClN3O/c1-25-13-5-2-11(3-6-13)16-8-15-12(9-21-16)4-7-14-18-17(23-19(14)15)10-22-20(18)24;14-10-3-8-6(4-15-10)1-2-7-11-9(17-12(7)8)5-16-13(11)18/h2-9,23H,10H2,1H3,(H,22,24);1-4,15H,5H2,(H,16,18). The highest BCUT2D eigenvalue weighted by molar-refractivity contribution is 6.30. The number of aromatic nitrogens is 4. The van der Waals surface area contributed by atoms with Gasteiger partial charge in [0.05, 0.1) is 53.7 Å². The number of benzene rings is 3. The van der Waals surface area contributed by atoms with Gasteiger partial charge in [-0.25, -0.2) is 4.98 Å². The summed E-state index contributed by atoms with van der Waals surface area (Å²) >= 11 is 5.98. The maximum atomic E-state index is 12.1. The molecule has 0 saturated heterocycles. The van der Waals surface area contributed by atoms with E-state index >= 15 is 0 Å². The number of carbonyl (C=O) groups is 2. The van der Waals surface area contributed by atoms with E-state index in [4.69, 9.17) is 16.3 Å². The Morgan fingerprint density at radius 2 is 1.58 bits per heavy atom. The summed E-state index contributed by atoms with van der Waals surface area (Å²) < 4.78 is 5.21. The Labute approximate surface area is 249 Å². The molecule has 10 heteroatoms. The summed E-state index contributed by atoms with van der Waals surface area (Å²) in [5.41, 5.74) is 7.01. The van der Waals surface area contributed by atoms with E-state index in [1.165, 1.54) is 0 Å². The lowest BCUT2D eigenvalue weighted by atomic mass is 10.0. The first-order chi connectivity index (χ1) is 21.0. The molecule has 0 spiro atoms. The number of pyridine rings is 2. The number of ether oxygens (including phenoxy) is 1. The Morgan fingerprint density at radius 3 is 2.42 bits per heavy atom. The number of hydrogen-bond donors (Lipinski definition) is 4. The van der Waals surface area contributed by atoms with E-state index in [1.54, 1.807) is 7.11 Å². The average Bonchev–Trinajstić information content (AvgIpc) is 3.79. The van der Waals surface area contributed by atoms with Crippen molar-refractivity contribution in [3.63, 3.8) is 0 Å². The summed E-state index contributed by atoms with van der Waals surface area (Å²) in [6.45, 7) is 1.07. The number of carbonyl (C=O) groups excluding carboxylic acids is 2. The van der Waals surface area contributed by atoms with Gasteiger partial charge in [0.2, 0.25) is 0 Å². The predicted octanol–water partition coefficient (Wildman–Crippen LogP) is 6.25. The van der Waals surface area contributed by atoms with Crippen molar-refractivity contribution in [2.45, 2.75) is 13.1 Å². The van der Waals surface area contributed by atoms with Gasteiger partial charge in [0.25, 0.3) is 11.8 Å². The van der Waals surface area contributed by atoms with Gasteiger partial charge in [0.1, 0.15) is 10.9 Å². The summed E-state index contributed by atoms with van der Waals surface area (Å²) in [4.78, 5) is 39.3. The topological polar surface area (TPSA) is 125 Å². The smallest absolute Gasteiger partial charge is 0.254 e. The van der Waals surface area contributed by atoms with Crippen LogP contribution in [0, 0.1) is 0 Å². The Balaban J connectivity index is 0.000000136. The van der Waals surface area contributed by atoms with E-state index in [0.717, 1.165) is 77.3 Å². The number of methoxy groups -OCH3 is 1. The quantitative estimate of drug-likeness (QED) is 0.178. The highest BCUT2D eigenvalue weighted by Gasteiger charge is 2.26. The van der Waals surface area contributed by atoms with Crippen LogP contribution < -0.4 is 15.4 Å². The van der Waals surface area contributed by atoms with Crippen molar-refractivity contribution in [1.82, 2.24) is 30.6 Å². The lowest BCUT2D eigenvalue weighted by Crippen LogP contribution is -2.13. The van der Waals surface area contributed by atoms with Crippen LogP contribution in [0.25, 0.3) is 54.6 Å². The first-order valence-electron chi connectivity index (χ1n) is 13.7. The maximum absolute atomic E-state index is 12.1. The molecule has 43 heavy (non-hydrogen) atoms. The highest BCUT2D eigenvalue weighted by Crippen LogP contribution is 2.34. The Morgan fingerprint density at radius 1 is 0.814 bits per heavy atom. The van der Waals surface area contributed by atoms with Crippen LogP contribution in [0.3, 0.4) is 0 Å². The lowest BCUT2D eigenvalue weighted by molar-refractivity contribution is 0.0959. The Kier molecular flexibility index (Phi) is 5.63. The largest absolute Gasteiger partial charge is 0.497 e. The second-order valence-electron chi connectivity index (χ2n) is 10.5. The molecule has 0 fully saturated rings. The number of amides is 2. The molecule has 0 saturated carbocycles. The third-order valence-corrected chi connectivity index (χ3v) is 8.34. The first kappa shape index (κ1) is 25.3. The SMILES string of the molecule is COc1ccc(-c2cc3c(ccc4c5c([nH]c43)CNC5=O)cn2)cc1.O=C1NCc2nc3c(ccc4c[nH]c(Cl)cc43)c21. The van der Waals surface area contributed by atoms with Gasteiger partial charge in [-0.15, -0.1) is 0 Å². The van der Waals surface area contributed by atoms with Gasteiger partial charge < -0.3 is 25.3 Å². The molecule has 0 aliphatic carbocycles. The summed E-state index contributed by atoms with van der Waals surface area (Å²) in [6, 6.07) is 19.7. The average molecular weight is 587 g/mol. The van der Waals surface area contributed by atoms with Crippen molar-refractivity contribution in [2.24, 2.45) is 0 Å². The van der Waals surface area contributed by atoms with Gasteiger partial charge >= 0.3 is 0 Å². The number of H-pyrrole nitrogens is 2. The molecule has 2 aliphatic heterocycles. The number of aromatic amines is 2. The minimum atomic E-state index is -0.0413. The van der Waals surface area contributed by atoms with Crippen molar-refractivity contribution in [2.75, 3.05) is 7.11 Å². The second kappa shape index (κ2) is 9.57. The summed E-state index contributed by atoms with van der Waals surface area (Å²) in [6.07, 6.45) is 3.72. The van der Waals surface area contributed by atoms with Crippen LogP contribution >= 0.6 is 11.6 Å². The molecule has 0 atom stereocenters. The molecule has 4 aromatic heterocycles. The van der Waals surface area contributed by atoms with Gasteiger partial charge in [-0.1, -0.05) is 35.9 Å². The fraction of sp³-hybridized carbons (Fsp3) is 0.0909. The molecule has 6 heterocycles. The van der Waals surface area contributed by atoms with Crippen LogP contribution in [0.4, 0.5) is 0 Å². The molecule has 9 rings (SSSR count). The van der Waals surface area contributed by atoms with Crippen LogP contribution in [-0.2, 0) is 13.1 Å². The van der Waals surface area contributed by atoms with Crippen LogP contribution in [0.1, 0.15) is 32.1 Å². The number of hydrogen-bond acceptors (Lipinski definition) is 5. The number of nitrogens with one attached hydrogen (secondary N) is 4. The summed E-state index contributed by atoms with van der Waals surface area (Å²) in [5.74, 6) is 0.768. The van der Waals surface area contributed by atoms with Gasteiger partial charge in [-0.05, 0) is 36.4 Å². The number of halogens is 1. The molecule has 9 nitrogen and oxygen atoms in total. The molecule has 210 valence electrons. The van der Waals surface area contributed by atoms with Crippen molar-refractivity contribution in [1.29, 1.82) is 0 Å². The maximum Gasteiger partial charge on any atom is 0.254 e. The molecule has 2 aliphatic rings. The van der Waals surface area contributed by atoms with Crippen molar-refractivity contribution < 1.29 is 14.3 Å². The minimum Gasteiger partial charge on any atom is -0.497 e. The summed E-state index contributed by atoms with van der Waals surface area (Å²) in [7, 11) is 1.65. The monoisotopic (exact) mass is 586 g/mol. The van der Waals surface area contributed by atoms with E-state index in [0.29, 0.717) is 23.8 Å². The van der Waals surface area contributed by atoms with E-state index < -0.39 is 0 Å². The number of fused-ring (bicyclic) bond motifs is 10. The summed E-state index contributed by atoms with van der Waals surface area (Å²) in [5, 5.41) is 12.2. The Hall–Kier alpha value is -5.41. The van der Waals surface area contributed by atoms with E-state index in [1.807, 2.05) is 67.0 Å². The molecule has 0 radical (unpaired) electrons. The zero-order chi connectivity index (χ0) is 29.2.